The van der Waals surface area contributed by atoms with Crippen molar-refractivity contribution in [2.45, 2.75) is 6.42 Å². The van der Waals surface area contributed by atoms with Crippen LogP contribution in [0.5, 0.6) is 0 Å². The summed E-state index contributed by atoms with van der Waals surface area (Å²) in [6.45, 7) is 0. The van der Waals surface area contributed by atoms with Gasteiger partial charge in [-0.2, -0.15) is 5.10 Å². The summed E-state index contributed by atoms with van der Waals surface area (Å²) in [4.78, 5) is 46.8. The number of hydrogen-bond acceptors (Lipinski definition) is 11. The molecule has 180 valence electrons. The van der Waals surface area contributed by atoms with E-state index >= 15 is 0 Å². The first-order valence-corrected chi connectivity index (χ1v) is 10.6. The van der Waals surface area contributed by atoms with Gasteiger partial charge in [-0.1, -0.05) is 23.5 Å². The number of carbonyl (C=O) groups excluding carboxylic acids is 2. The zero-order valence-corrected chi connectivity index (χ0v) is 19.2. The molecule has 0 aliphatic heterocycles. The first-order valence-electron chi connectivity index (χ1n) is 9.80. The number of benzene rings is 2. The molecule has 2 amide bonds. The number of nitrogens with zero attached hydrogens (tertiary/aromatic N) is 6. The van der Waals surface area contributed by atoms with Gasteiger partial charge in [0.1, 0.15) is 10.6 Å². The van der Waals surface area contributed by atoms with Crippen LogP contribution in [0, 0.1) is 20.2 Å². The van der Waals surface area contributed by atoms with Crippen molar-refractivity contribution < 1.29 is 19.4 Å². The highest BCUT2D eigenvalue weighted by Gasteiger charge is 2.25. The van der Waals surface area contributed by atoms with E-state index in [0.29, 0.717) is 6.07 Å². The standard InChI is InChI=1S/C20H18N8O6S/c1-26(2)13-5-3-12(4-6-13)11-21-23-17(29)10-18-24-25-20(35-18)22-19(30)15-8-7-14(27(31)32)9-16(15)28(33)34/h3-9,11H,10H2,1-2H3,(H,23,29)(H,22,25,30)/b21-11-. The largest absolute Gasteiger partial charge is 0.378 e. The molecule has 3 rings (SSSR count). The van der Waals surface area contributed by atoms with Gasteiger partial charge in [0.15, 0.2) is 0 Å². The molecule has 0 saturated carbocycles. The number of hydrogen-bond donors (Lipinski definition) is 2. The molecule has 0 aliphatic rings. The second kappa shape index (κ2) is 10.9. The van der Waals surface area contributed by atoms with Crippen LogP contribution in [-0.4, -0.2) is 52.2 Å². The Labute approximate surface area is 201 Å². The summed E-state index contributed by atoms with van der Waals surface area (Å²) in [6.07, 6.45) is 1.32. The Balaban J connectivity index is 1.58. The van der Waals surface area contributed by atoms with Crippen molar-refractivity contribution in [2.24, 2.45) is 5.10 Å². The Kier molecular flexibility index (Phi) is 7.73. The Hall–Kier alpha value is -4.79. The molecular formula is C20H18N8O6S. The molecule has 14 nitrogen and oxygen atoms in total. The third-order valence-electron chi connectivity index (χ3n) is 4.44. The molecular weight excluding hydrogens is 480 g/mol. The summed E-state index contributed by atoms with van der Waals surface area (Å²) in [5.74, 6) is -1.37. The monoisotopic (exact) mass is 498 g/mol. The van der Waals surface area contributed by atoms with E-state index in [9.17, 15) is 29.8 Å². The topological polar surface area (TPSA) is 186 Å². The molecule has 0 aliphatic carbocycles. The Morgan fingerprint density at radius 2 is 1.80 bits per heavy atom. The minimum Gasteiger partial charge on any atom is -0.378 e. The second-order valence-electron chi connectivity index (χ2n) is 7.13. The maximum atomic E-state index is 12.4. The van der Waals surface area contributed by atoms with Crippen LogP contribution in [-0.2, 0) is 11.2 Å². The molecule has 0 saturated heterocycles. The van der Waals surface area contributed by atoms with Gasteiger partial charge in [0.2, 0.25) is 11.0 Å². The second-order valence-corrected chi connectivity index (χ2v) is 8.19. The van der Waals surface area contributed by atoms with Gasteiger partial charge in [0.25, 0.3) is 17.3 Å². The maximum absolute atomic E-state index is 12.4. The molecule has 2 N–H and O–H groups in total. The van der Waals surface area contributed by atoms with E-state index < -0.39 is 33.0 Å². The lowest BCUT2D eigenvalue weighted by atomic mass is 10.1. The molecule has 0 fully saturated rings. The lowest BCUT2D eigenvalue weighted by Gasteiger charge is -2.11. The van der Waals surface area contributed by atoms with Crippen LogP contribution in [0.25, 0.3) is 0 Å². The van der Waals surface area contributed by atoms with Crippen molar-refractivity contribution in [1.29, 1.82) is 0 Å². The average Bonchev–Trinajstić information content (AvgIpc) is 3.25. The number of nitro groups is 2. The number of anilines is 2. The summed E-state index contributed by atoms with van der Waals surface area (Å²) in [7, 11) is 3.85. The van der Waals surface area contributed by atoms with E-state index in [-0.39, 0.29) is 22.1 Å². The average molecular weight is 498 g/mol. The maximum Gasteiger partial charge on any atom is 0.289 e. The van der Waals surface area contributed by atoms with E-state index in [1.807, 2.05) is 43.3 Å². The molecule has 35 heavy (non-hydrogen) atoms. The smallest absolute Gasteiger partial charge is 0.289 e. The van der Waals surface area contributed by atoms with E-state index in [0.717, 1.165) is 34.7 Å². The zero-order valence-electron chi connectivity index (χ0n) is 18.4. The van der Waals surface area contributed by atoms with Crippen LogP contribution < -0.4 is 15.6 Å². The number of hydrazone groups is 1. The Morgan fingerprint density at radius 3 is 2.43 bits per heavy atom. The van der Waals surface area contributed by atoms with E-state index in [1.54, 1.807) is 0 Å². The molecule has 2 aromatic carbocycles. The summed E-state index contributed by atoms with van der Waals surface area (Å²) in [5, 5.41) is 36.1. The van der Waals surface area contributed by atoms with Crippen molar-refractivity contribution in [3.63, 3.8) is 0 Å². The number of carbonyl (C=O) groups is 2. The van der Waals surface area contributed by atoms with Crippen LogP contribution in [0.15, 0.2) is 47.6 Å². The van der Waals surface area contributed by atoms with Crippen molar-refractivity contribution in [3.8, 4) is 0 Å². The van der Waals surface area contributed by atoms with Gasteiger partial charge in [0.05, 0.1) is 28.5 Å². The predicted octanol–water partition coefficient (Wildman–Crippen LogP) is 2.37. The van der Waals surface area contributed by atoms with Gasteiger partial charge >= 0.3 is 0 Å². The fourth-order valence-corrected chi connectivity index (χ4v) is 3.46. The fourth-order valence-electron chi connectivity index (χ4n) is 2.73. The summed E-state index contributed by atoms with van der Waals surface area (Å²) in [6, 6.07) is 10.2. The van der Waals surface area contributed by atoms with Gasteiger partial charge in [-0.3, -0.25) is 35.1 Å². The van der Waals surface area contributed by atoms with Crippen LogP contribution >= 0.6 is 11.3 Å². The number of amides is 2. The van der Waals surface area contributed by atoms with Gasteiger partial charge in [0, 0.05) is 25.8 Å². The van der Waals surface area contributed by atoms with Gasteiger partial charge in [-0.05, 0) is 23.8 Å². The molecule has 1 aromatic heterocycles. The molecule has 15 heteroatoms. The minimum atomic E-state index is -0.899. The van der Waals surface area contributed by atoms with E-state index in [2.05, 4.69) is 26.0 Å². The number of nitro benzene ring substituents is 2. The molecule has 0 spiro atoms. The first-order chi connectivity index (χ1) is 16.6. The molecule has 0 unspecified atom stereocenters. The third kappa shape index (κ3) is 6.61. The summed E-state index contributed by atoms with van der Waals surface area (Å²) >= 11 is 0.891. The van der Waals surface area contributed by atoms with E-state index in [4.69, 9.17) is 0 Å². The predicted molar refractivity (Wildman–Crippen MR) is 128 cm³/mol. The third-order valence-corrected chi connectivity index (χ3v) is 5.28. The first kappa shape index (κ1) is 24.8. The highest BCUT2D eigenvalue weighted by atomic mass is 32.1. The van der Waals surface area contributed by atoms with E-state index in [1.165, 1.54) is 6.21 Å². The van der Waals surface area contributed by atoms with Gasteiger partial charge < -0.3 is 4.90 Å². The Bertz CT molecular complexity index is 1310. The number of non-ortho nitro benzene ring substituents is 1. The Morgan fingerprint density at radius 1 is 1.09 bits per heavy atom. The quantitative estimate of drug-likeness (QED) is 0.254. The molecule has 3 aromatic rings. The summed E-state index contributed by atoms with van der Waals surface area (Å²) in [5.41, 5.74) is 2.54. The fraction of sp³-hybridized carbons (Fsp3) is 0.150. The van der Waals surface area contributed by atoms with Crippen molar-refractivity contribution in [3.05, 3.63) is 78.8 Å². The highest BCUT2D eigenvalue weighted by molar-refractivity contribution is 7.15. The molecule has 1 heterocycles. The van der Waals surface area contributed by atoms with Crippen LogP contribution in [0.4, 0.5) is 22.2 Å². The number of aromatic nitrogens is 2. The normalized spacial score (nSPS) is 10.7. The van der Waals surface area contributed by atoms with Crippen molar-refractivity contribution in [1.82, 2.24) is 15.6 Å². The molecule has 0 radical (unpaired) electrons. The minimum absolute atomic E-state index is 0.00469. The summed E-state index contributed by atoms with van der Waals surface area (Å²) < 4.78 is 0. The highest BCUT2D eigenvalue weighted by Crippen LogP contribution is 2.26. The van der Waals surface area contributed by atoms with Gasteiger partial charge in [-0.15, -0.1) is 10.2 Å². The molecule has 0 atom stereocenters. The number of rotatable bonds is 9. The van der Waals surface area contributed by atoms with Crippen molar-refractivity contribution >= 4 is 51.6 Å². The zero-order chi connectivity index (χ0) is 25.5. The van der Waals surface area contributed by atoms with Crippen molar-refractivity contribution in [2.75, 3.05) is 24.3 Å². The van der Waals surface area contributed by atoms with Crippen LogP contribution in [0.1, 0.15) is 20.9 Å². The lowest BCUT2D eigenvalue weighted by molar-refractivity contribution is -0.394. The van der Waals surface area contributed by atoms with Crippen LogP contribution in [0.3, 0.4) is 0 Å². The molecule has 0 bridgehead atoms. The van der Waals surface area contributed by atoms with Crippen LogP contribution in [0.2, 0.25) is 0 Å². The lowest BCUT2D eigenvalue weighted by Crippen LogP contribution is -2.19. The SMILES string of the molecule is CN(C)c1ccc(/C=N\NC(=O)Cc2nnc(NC(=O)c3ccc([N+](=O)[O-])cc3[N+](=O)[O-])s2)cc1. The van der Waals surface area contributed by atoms with Gasteiger partial charge in [-0.25, -0.2) is 5.43 Å². The number of nitrogens with one attached hydrogen (secondary N) is 2.